The van der Waals surface area contributed by atoms with E-state index < -0.39 is 0 Å². The van der Waals surface area contributed by atoms with Crippen molar-refractivity contribution in [3.8, 4) is 0 Å². The number of fused-ring (bicyclic) bond motifs is 1. The lowest BCUT2D eigenvalue weighted by Crippen LogP contribution is -2.28. The van der Waals surface area contributed by atoms with Crippen LogP contribution in [0.15, 0.2) is 24.4 Å². The first-order chi connectivity index (χ1) is 9.70. The van der Waals surface area contributed by atoms with Crippen LogP contribution in [0.4, 0.5) is 0 Å². The molecule has 1 aromatic heterocycles. The van der Waals surface area contributed by atoms with Crippen LogP contribution in [0.2, 0.25) is 0 Å². The molecular formula is C18H26N2. The van der Waals surface area contributed by atoms with E-state index in [1.54, 1.807) is 0 Å². The summed E-state index contributed by atoms with van der Waals surface area (Å²) in [7, 11) is 0. The second-order valence-corrected chi connectivity index (χ2v) is 6.56. The highest BCUT2D eigenvalue weighted by molar-refractivity contribution is 5.84. The van der Waals surface area contributed by atoms with Gasteiger partial charge in [0.15, 0.2) is 0 Å². The Bertz CT molecular complexity index is 584. The van der Waals surface area contributed by atoms with Gasteiger partial charge in [0.1, 0.15) is 0 Å². The SMILES string of the molecule is Cc1ccc2[nH]cc(C(CN)C3CCCCC3C)c2c1. The number of aryl methyl sites for hydroxylation is 1. The van der Waals surface area contributed by atoms with E-state index in [0.29, 0.717) is 5.92 Å². The second kappa shape index (κ2) is 5.61. The maximum Gasteiger partial charge on any atom is 0.0457 e. The minimum absolute atomic E-state index is 0.501. The standard InChI is InChI=1S/C18H26N2/c1-12-7-8-18-15(9-12)17(11-20-18)16(10-19)14-6-4-3-5-13(14)2/h7-9,11,13-14,16,20H,3-6,10,19H2,1-2H3. The zero-order chi connectivity index (χ0) is 14.1. The van der Waals surface area contributed by atoms with Gasteiger partial charge in [-0.15, -0.1) is 0 Å². The minimum Gasteiger partial charge on any atom is -0.361 e. The van der Waals surface area contributed by atoms with Crippen molar-refractivity contribution >= 4 is 10.9 Å². The van der Waals surface area contributed by atoms with Crippen LogP contribution in [0.25, 0.3) is 10.9 Å². The molecule has 108 valence electrons. The summed E-state index contributed by atoms with van der Waals surface area (Å²) in [5.74, 6) is 2.04. The Hall–Kier alpha value is -1.28. The zero-order valence-corrected chi connectivity index (χ0v) is 12.7. The predicted molar refractivity (Wildman–Crippen MR) is 86.0 cm³/mol. The highest BCUT2D eigenvalue weighted by Crippen LogP contribution is 2.41. The number of hydrogen-bond donors (Lipinski definition) is 2. The van der Waals surface area contributed by atoms with Crippen molar-refractivity contribution in [2.75, 3.05) is 6.54 Å². The van der Waals surface area contributed by atoms with Gasteiger partial charge in [0.2, 0.25) is 0 Å². The van der Waals surface area contributed by atoms with Gasteiger partial charge < -0.3 is 10.7 Å². The van der Waals surface area contributed by atoms with Gasteiger partial charge in [-0.25, -0.2) is 0 Å². The molecule has 1 aliphatic carbocycles. The summed E-state index contributed by atoms with van der Waals surface area (Å²) in [6.45, 7) is 5.33. The third-order valence-corrected chi connectivity index (χ3v) is 5.22. The summed E-state index contributed by atoms with van der Waals surface area (Å²) in [4.78, 5) is 3.43. The van der Waals surface area contributed by atoms with Gasteiger partial charge >= 0.3 is 0 Å². The Morgan fingerprint density at radius 2 is 2.10 bits per heavy atom. The Balaban J connectivity index is 2.00. The maximum atomic E-state index is 6.17. The normalized spacial score (nSPS) is 24.9. The molecule has 0 radical (unpaired) electrons. The molecule has 2 aromatic rings. The molecule has 1 aliphatic rings. The number of nitrogens with two attached hydrogens (primary N) is 1. The number of aromatic amines is 1. The molecule has 2 heteroatoms. The largest absolute Gasteiger partial charge is 0.361 e. The lowest BCUT2D eigenvalue weighted by molar-refractivity contribution is 0.219. The Kier molecular flexibility index (Phi) is 3.84. The Morgan fingerprint density at radius 1 is 1.30 bits per heavy atom. The van der Waals surface area contributed by atoms with Crippen LogP contribution in [-0.4, -0.2) is 11.5 Å². The van der Waals surface area contributed by atoms with Gasteiger partial charge in [-0.1, -0.05) is 37.8 Å². The summed E-state index contributed by atoms with van der Waals surface area (Å²) in [6.07, 6.45) is 7.65. The van der Waals surface area contributed by atoms with E-state index in [1.165, 1.54) is 47.7 Å². The number of H-pyrrole nitrogens is 1. The first kappa shape index (κ1) is 13.7. The molecular weight excluding hydrogens is 244 g/mol. The smallest absolute Gasteiger partial charge is 0.0457 e. The molecule has 3 N–H and O–H groups in total. The van der Waals surface area contributed by atoms with Gasteiger partial charge in [0, 0.05) is 23.0 Å². The Morgan fingerprint density at radius 3 is 2.85 bits per heavy atom. The summed E-state index contributed by atoms with van der Waals surface area (Å²) in [6, 6.07) is 6.66. The summed E-state index contributed by atoms with van der Waals surface area (Å²) >= 11 is 0. The molecule has 0 saturated heterocycles. The molecule has 3 unspecified atom stereocenters. The lowest BCUT2D eigenvalue weighted by Gasteiger charge is -2.35. The topological polar surface area (TPSA) is 41.8 Å². The quantitative estimate of drug-likeness (QED) is 0.855. The minimum atomic E-state index is 0.501. The number of rotatable bonds is 3. The summed E-state index contributed by atoms with van der Waals surface area (Å²) in [5.41, 5.74) is 10.2. The van der Waals surface area contributed by atoms with Crippen molar-refractivity contribution in [2.45, 2.75) is 45.4 Å². The fourth-order valence-corrected chi connectivity index (χ4v) is 4.04. The monoisotopic (exact) mass is 270 g/mol. The number of hydrogen-bond acceptors (Lipinski definition) is 1. The molecule has 1 heterocycles. The fraction of sp³-hybridized carbons (Fsp3) is 0.556. The van der Waals surface area contributed by atoms with Crippen LogP contribution < -0.4 is 5.73 Å². The zero-order valence-electron chi connectivity index (χ0n) is 12.7. The molecule has 1 saturated carbocycles. The molecule has 3 rings (SSSR count). The average Bonchev–Trinajstić information content (AvgIpc) is 2.85. The van der Waals surface area contributed by atoms with Gasteiger partial charge in [-0.2, -0.15) is 0 Å². The summed E-state index contributed by atoms with van der Waals surface area (Å²) in [5, 5.41) is 1.37. The van der Waals surface area contributed by atoms with E-state index in [0.717, 1.165) is 18.4 Å². The van der Waals surface area contributed by atoms with Crippen molar-refractivity contribution in [3.63, 3.8) is 0 Å². The second-order valence-electron chi connectivity index (χ2n) is 6.56. The van der Waals surface area contributed by atoms with Crippen molar-refractivity contribution in [2.24, 2.45) is 17.6 Å². The van der Waals surface area contributed by atoms with Gasteiger partial charge in [-0.3, -0.25) is 0 Å². The third-order valence-electron chi connectivity index (χ3n) is 5.22. The van der Waals surface area contributed by atoms with Crippen molar-refractivity contribution < 1.29 is 0 Å². The fourth-order valence-electron chi connectivity index (χ4n) is 4.04. The number of benzene rings is 1. The molecule has 2 nitrogen and oxygen atoms in total. The lowest BCUT2D eigenvalue weighted by atomic mass is 9.71. The van der Waals surface area contributed by atoms with E-state index >= 15 is 0 Å². The Labute approximate surface area is 121 Å². The first-order valence-corrected chi connectivity index (χ1v) is 7.98. The van der Waals surface area contributed by atoms with E-state index in [4.69, 9.17) is 5.73 Å². The van der Waals surface area contributed by atoms with Crippen LogP contribution in [0.5, 0.6) is 0 Å². The number of nitrogens with one attached hydrogen (secondary N) is 1. The molecule has 20 heavy (non-hydrogen) atoms. The van der Waals surface area contributed by atoms with E-state index in [2.05, 4.69) is 43.2 Å². The average molecular weight is 270 g/mol. The van der Waals surface area contributed by atoms with Crippen LogP contribution in [0.3, 0.4) is 0 Å². The van der Waals surface area contributed by atoms with Crippen molar-refractivity contribution in [3.05, 3.63) is 35.5 Å². The third kappa shape index (κ3) is 2.37. The number of aromatic nitrogens is 1. The van der Waals surface area contributed by atoms with Crippen LogP contribution in [0.1, 0.15) is 49.7 Å². The van der Waals surface area contributed by atoms with Gasteiger partial charge in [-0.05, 0) is 49.4 Å². The first-order valence-electron chi connectivity index (χ1n) is 7.98. The molecule has 0 aliphatic heterocycles. The molecule has 0 bridgehead atoms. The van der Waals surface area contributed by atoms with E-state index in [9.17, 15) is 0 Å². The molecule has 0 spiro atoms. The summed E-state index contributed by atoms with van der Waals surface area (Å²) < 4.78 is 0. The van der Waals surface area contributed by atoms with Crippen molar-refractivity contribution in [1.29, 1.82) is 0 Å². The highest BCUT2D eigenvalue weighted by atomic mass is 14.7. The molecule has 3 atom stereocenters. The van der Waals surface area contributed by atoms with Crippen LogP contribution in [-0.2, 0) is 0 Å². The van der Waals surface area contributed by atoms with Crippen LogP contribution >= 0.6 is 0 Å². The maximum absolute atomic E-state index is 6.17. The van der Waals surface area contributed by atoms with Gasteiger partial charge in [0.05, 0.1) is 0 Å². The van der Waals surface area contributed by atoms with Crippen molar-refractivity contribution in [1.82, 2.24) is 4.98 Å². The van der Waals surface area contributed by atoms with Crippen LogP contribution in [0, 0.1) is 18.8 Å². The predicted octanol–water partition coefficient (Wildman–Crippen LogP) is 4.34. The van der Waals surface area contributed by atoms with E-state index in [-0.39, 0.29) is 0 Å². The highest BCUT2D eigenvalue weighted by Gasteiger charge is 2.30. The van der Waals surface area contributed by atoms with E-state index in [1.807, 2.05) is 0 Å². The molecule has 1 aromatic carbocycles. The molecule has 0 amide bonds. The van der Waals surface area contributed by atoms with Gasteiger partial charge in [0.25, 0.3) is 0 Å². The molecule has 1 fully saturated rings.